The van der Waals surface area contributed by atoms with E-state index in [-0.39, 0.29) is 0 Å². The molecule has 0 atom stereocenters. The van der Waals surface area contributed by atoms with Crippen LogP contribution in [-0.2, 0) is 7.05 Å². The SMILES string of the molecule is Cc1nc2cc(Nc3nc(C4CC4)ns3)ccc2n1C. The summed E-state index contributed by atoms with van der Waals surface area (Å²) >= 11 is 1.43. The predicted molar refractivity (Wildman–Crippen MR) is 80.6 cm³/mol. The number of hydrogen-bond acceptors (Lipinski definition) is 5. The van der Waals surface area contributed by atoms with Gasteiger partial charge in [0.05, 0.1) is 11.0 Å². The lowest BCUT2D eigenvalue weighted by Gasteiger charge is -2.02. The standard InChI is InChI=1S/C14H15N5S/c1-8-15-11-7-10(5-6-12(11)19(8)2)16-14-17-13(18-20-14)9-3-4-9/h5-7,9H,3-4H2,1-2H3,(H,16,17,18). The van der Waals surface area contributed by atoms with Crippen molar-refractivity contribution >= 4 is 33.4 Å². The lowest BCUT2D eigenvalue weighted by Crippen LogP contribution is -1.91. The zero-order valence-electron chi connectivity index (χ0n) is 11.4. The molecule has 102 valence electrons. The van der Waals surface area contributed by atoms with Crippen molar-refractivity contribution in [2.24, 2.45) is 7.05 Å². The molecule has 6 heteroatoms. The molecule has 1 N–H and O–H groups in total. The normalized spacial score (nSPS) is 14.9. The molecule has 20 heavy (non-hydrogen) atoms. The van der Waals surface area contributed by atoms with Crippen LogP contribution in [0.25, 0.3) is 11.0 Å². The molecule has 0 spiro atoms. The van der Waals surface area contributed by atoms with Crippen LogP contribution in [0.4, 0.5) is 10.8 Å². The first kappa shape index (κ1) is 11.8. The van der Waals surface area contributed by atoms with E-state index in [9.17, 15) is 0 Å². The van der Waals surface area contributed by atoms with E-state index < -0.39 is 0 Å². The fraction of sp³-hybridized carbons (Fsp3) is 0.357. The Kier molecular flexibility index (Phi) is 2.53. The monoisotopic (exact) mass is 285 g/mol. The van der Waals surface area contributed by atoms with Crippen molar-refractivity contribution in [1.29, 1.82) is 0 Å². The highest BCUT2D eigenvalue weighted by Gasteiger charge is 2.27. The molecule has 0 radical (unpaired) electrons. The van der Waals surface area contributed by atoms with E-state index in [1.165, 1.54) is 24.4 Å². The first-order chi connectivity index (χ1) is 9.70. The third-order valence-electron chi connectivity index (χ3n) is 3.74. The third-order valence-corrected chi connectivity index (χ3v) is 4.38. The first-order valence-electron chi connectivity index (χ1n) is 6.74. The van der Waals surface area contributed by atoms with Crippen molar-refractivity contribution in [3.8, 4) is 0 Å². The van der Waals surface area contributed by atoms with Gasteiger partial charge in [-0.3, -0.25) is 0 Å². The molecule has 2 heterocycles. The van der Waals surface area contributed by atoms with Crippen LogP contribution in [0.2, 0.25) is 0 Å². The number of aryl methyl sites for hydroxylation is 2. The molecule has 1 aliphatic carbocycles. The minimum atomic E-state index is 0.600. The van der Waals surface area contributed by atoms with Gasteiger partial charge in [-0.25, -0.2) is 9.97 Å². The lowest BCUT2D eigenvalue weighted by molar-refractivity contribution is 0.886. The maximum atomic E-state index is 4.55. The molecule has 0 amide bonds. The molecule has 3 aromatic rings. The van der Waals surface area contributed by atoms with Crippen molar-refractivity contribution < 1.29 is 0 Å². The van der Waals surface area contributed by atoms with Crippen LogP contribution in [-0.4, -0.2) is 18.9 Å². The Labute approximate surface area is 120 Å². The smallest absolute Gasteiger partial charge is 0.207 e. The van der Waals surface area contributed by atoms with Gasteiger partial charge in [0, 0.05) is 30.2 Å². The Morgan fingerprint density at radius 2 is 2.15 bits per heavy atom. The van der Waals surface area contributed by atoms with Crippen molar-refractivity contribution in [3.63, 3.8) is 0 Å². The van der Waals surface area contributed by atoms with Gasteiger partial charge in [-0.15, -0.1) is 0 Å². The van der Waals surface area contributed by atoms with Gasteiger partial charge >= 0.3 is 0 Å². The summed E-state index contributed by atoms with van der Waals surface area (Å²) in [6.07, 6.45) is 2.46. The van der Waals surface area contributed by atoms with Gasteiger partial charge in [0.1, 0.15) is 11.6 Å². The molecule has 1 aliphatic rings. The number of nitrogens with zero attached hydrogens (tertiary/aromatic N) is 4. The highest BCUT2D eigenvalue weighted by molar-refractivity contribution is 7.09. The maximum absolute atomic E-state index is 4.55. The van der Waals surface area contributed by atoms with Gasteiger partial charge in [-0.05, 0) is 38.0 Å². The molecule has 0 unspecified atom stereocenters. The molecule has 0 bridgehead atoms. The minimum Gasteiger partial charge on any atom is -0.331 e. The van der Waals surface area contributed by atoms with Crippen molar-refractivity contribution in [3.05, 3.63) is 29.8 Å². The first-order valence-corrected chi connectivity index (χ1v) is 7.52. The summed E-state index contributed by atoms with van der Waals surface area (Å²) in [4.78, 5) is 9.09. The largest absolute Gasteiger partial charge is 0.331 e. The van der Waals surface area contributed by atoms with E-state index in [0.29, 0.717) is 5.92 Å². The van der Waals surface area contributed by atoms with Crippen LogP contribution in [0.1, 0.15) is 30.4 Å². The number of anilines is 2. The quantitative estimate of drug-likeness (QED) is 0.801. The molecular weight excluding hydrogens is 270 g/mol. The minimum absolute atomic E-state index is 0.600. The number of aromatic nitrogens is 4. The summed E-state index contributed by atoms with van der Waals surface area (Å²) in [5.41, 5.74) is 3.15. The Morgan fingerprint density at radius 3 is 2.95 bits per heavy atom. The number of nitrogens with one attached hydrogen (secondary N) is 1. The van der Waals surface area contributed by atoms with Crippen molar-refractivity contribution in [2.75, 3.05) is 5.32 Å². The second-order valence-corrected chi connectivity index (χ2v) is 6.03. The summed E-state index contributed by atoms with van der Waals surface area (Å²) in [6.45, 7) is 2.01. The van der Waals surface area contributed by atoms with Crippen molar-refractivity contribution in [2.45, 2.75) is 25.7 Å². The van der Waals surface area contributed by atoms with Crippen LogP contribution in [0.3, 0.4) is 0 Å². The maximum Gasteiger partial charge on any atom is 0.207 e. The van der Waals surface area contributed by atoms with Gasteiger partial charge in [0.15, 0.2) is 0 Å². The highest BCUT2D eigenvalue weighted by atomic mass is 32.1. The molecule has 5 nitrogen and oxygen atoms in total. The average Bonchev–Trinajstić information content (AvgIpc) is 3.12. The van der Waals surface area contributed by atoms with Crippen molar-refractivity contribution in [1.82, 2.24) is 18.9 Å². The Balaban J connectivity index is 1.63. The fourth-order valence-electron chi connectivity index (χ4n) is 2.31. The summed E-state index contributed by atoms with van der Waals surface area (Å²) in [7, 11) is 2.03. The van der Waals surface area contributed by atoms with E-state index in [2.05, 4.69) is 42.4 Å². The topological polar surface area (TPSA) is 55.6 Å². The number of fused-ring (bicyclic) bond motifs is 1. The molecular formula is C14H15N5S. The zero-order valence-corrected chi connectivity index (χ0v) is 12.2. The third kappa shape index (κ3) is 1.96. The molecule has 2 aromatic heterocycles. The van der Waals surface area contributed by atoms with E-state index in [0.717, 1.165) is 33.5 Å². The second kappa shape index (κ2) is 4.28. The summed E-state index contributed by atoms with van der Waals surface area (Å²) in [5, 5.41) is 4.18. The van der Waals surface area contributed by atoms with Crippen LogP contribution in [0.15, 0.2) is 18.2 Å². The Bertz CT molecular complexity index is 784. The van der Waals surface area contributed by atoms with E-state index in [1.54, 1.807) is 0 Å². The van der Waals surface area contributed by atoms with E-state index in [1.807, 2.05) is 14.0 Å². The number of hydrogen-bond donors (Lipinski definition) is 1. The molecule has 1 fully saturated rings. The van der Waals surface area contributed by atoms with Gasteiger partial charge < -0.3 is 9.88 Å². The van der Waals surface area contributed by atoms with Crippen LogP contribution >= 0.6 is 11.5 Å². The fourth-order valence-corrected chi connectivity index (χ4v) is 2.98. The van der Waals surface area contributed by atoms with Crippen LogP contribution in [0, 0.1) is 6.92 Å². The number of imidazole rings is 1. The molecule has 4 rings (SSSR count). The number of rotatable bonds is 3. The van der Waals surface area contributed by atoms with E-state index >= 15 is 0 Å². The molecule has 1 aromatic carbocycles. The highest BCUT2D eigenvalue weighted by Crippen LogP contribution is 2.39. The molecule has 0 saturated heterocycles. The predicted octanol–water partition coefficient (Wildman–Crippen LogP) is 3.35. The Morgan fingerprint density at radius 1 is 1.30 bits per heavy atom. The average molecular weight is 285 g/mol. The summed E-state index contributed by atoms with van der Waals surface area (Å²) < 4.78 is 6.50. The van der Waals surface area contributed by atoms with Gasteiger partial charge in [-0.1, -0.05) is 0 Å². The Hall–Kier alpha value is -1.95. The van der Waals surface area contributed by atoms with E-state index in [4.69, 9.17) is 0 Å². The number of benzene rings is 1. The van der Waals surface area contributed by atoms with Crippen LogP contribution < -0.4 is 5.32 Å². The summed E-state index contributed by atoms with van der Waals surface area (Å²) in [6, 6.07) is 6.20. The van der Waals surface area contributed by atoms with Crippen LogP contribution in [0.5, 0.6) is 0 Å². The van der Waals surface area contributed by atoms with Gasteiger partial charge in [0.25, 0.3) is 0 Å². The molecule has 0 aliphatic heterocycles. The lowest BCUT2D eigenvalue weighted by atomic mass is 10.3. The van der Waals surface area contributed by atoms with Gasteiger partial charge in [0.2, 0.25) is 5.13 Å². The van der Waals surface area contributed by atoms with Gasteiger partial charge in [-0.2, -0.15) is 4.37 Å². The second-order valence-electron chi connectivity index (χ2n) is 5.28. The zero-order chi connectivity index (χ0) is 13.7. The summed E-state index contributed by atoms with van der Waals surface area (Å²) in [5.74, 6) is 2.61. The molecule has 1 saturated carbocycles.